The van der Waals surface area contributed by atoms with Gasteiger partial charge in [-0.25, -0.2) is 0 Å². The molecule has 4 nitrogen and oxygen atoms in total. The Balaban J connectivity index is 1.96. The third-order valence-electron chi connectivity index (χ3n) is 4.44. The molecule has 24 heavy (non-hydrogen) atoms. The van der Waals surface area contributed by atoms with E-state index in [4.69, 9.17) is 4.74 Å². The molecule has 0 aromatic heterocycles. The molecule has 1 fully saturated rings. The van der Waals surface area contributed by atoms with Gasteiger partial charge in [-0.05, 0) is 0 Å². The summed E-state index contributed by atoms with van der Waals surface area (Å²) in [7, 11) is -2.36. The first kappa shape index (κ1) is 19.5. The number of hydrogen-bond donors (Lipinski definition) is 1. The number of alkyl halides is 4. The minimum absolute atomic E-state index is 0.134. The Labute approximate surface area is 139 Å². The number of carbonyl (C=O) groups excluding carboxylic acids is 1. The van der Waals surface area contributed by atoms with Gasteiger partial charge in [0.15, 0.2) is 0 Å². The zero-order valence-electron chi connectivity index (χ0n) is 13.7. The van der Waals surface area contributed by atoms with Crippen molar-refractivity contribution in [2.45, 2.75) is 50.3 Å². The number of halogens is 4. The van der Waals surface area contributed by atoms with Crippen LogP contribution in [0.2, 0.25) is 0 Å². The number of hydrogen-bond acceptors (Lipinski definition) is 4. The van der Waals surface area contributed by atoms with Crippen LogP contribution in [0.4, 0.5) is 17.6 Å². The molecule has 2 rings (SSSR count). The van der Waals surface area contributed by atoms with Gasteiger partial charge in [0, 0.05) is 0 Å². The van der Waals surface area contributed by atoms with Gasteiger partial charge in [0.2, 0.25) is 0 Å². The van der Waals surface area contributed by atoms with Gasteiger partial charge in [-0.3, -0.25) is 0 Å². The third-order valence-corrected chi connectivity index (χ3v) is 8.06. The SMILES string of the molecule is CC(C/C1=C/C(=O)/C=N\[PH](C)(C2CC(F)C2)NC1)OCC(F)(F)F. The molecule has 9 heteroatoms. The van der Waals surface area contributed by atoms with E-state index in [1.165, 1.54) is 12.3 Å². The number of ketones is 1. The zero-order valence-corrected chi connectivity index (χ0v) is 14.7. The van der Waals surface area contributed by atoms with Crippen molar-refractivity contribution in [3.8, 4) is 0 Å². The van der Waals surface area contributed by atoms with Crippen LogP contribution in [-0.2, 0) is 9.53 Å². The Morgan fingerprint density at radius 1 is 1.46 bits per heavy atom. The molecular formula is C15H23F4N2O2P. The quantitative estimate of drug-likeness (QED) is 0.597. The molecule has 0 radical (unpaired) electrons. The topological polar surface area (TPSA) is 50.7 Å². The third kappa shape index (κ3) is 5.60. The molecule has 0 amide bonds. The first-order chi connectivity index (χ1) is 11.1. The summed E-state index contributed by atoms with van der Waals surface area (Å²) < 4.78 is 58.9. The average Bonchev–Trinajstić information content (AvgIpc) is 2.43. The van der Waals surface area contributed by atoms with E-state index in [9.17, 15) is 22.4 Å². The second-order valence-corrected chi connectivity index (χ2v) is 10.4. The average molecular weight is 370 g/mol. The maximum atomic E-state index is 13.1. The number of nitrogens with one attached hydrogen (secondary N) is 1. The van der Waals surface area contributed by atoms with Gasteiger partial charge in [-0.15, -0.1) is 0 Å². The molecule has 0 saturated heterocycles. The van der Waals surface area contributed by atoms with Crippen LogP contribution >= 0.6 is 7.56 Å². The second kappa shape index (κ2) is 7.58. The Hall–Kier alpha value is -0.850. The van der Waals surface area contributed by atoms with Crippen LogP contribution in [0.15, 0.2) is 16.4 Å². The van der Waals surface area contributed by atoms with E-state index in [-0.39, 0.29) is 17.9 Å². The molecule has 1 unspecified atom stereocenters. The number of rotatable bonds is 5. The van der Waals surface area contributed by atoms with E-state index < -0.39 is 32.6 Å². The van der Waals surface area contributed by atoms with Gasteiger partial charge in [-0.1, -0.05) is 0 Å². The van der Waals surface area contributed by atoms with Crippen LogP contribution in [-0.4, -0.2) is 55.9 Å². The molecular weight excluding hydrogens is 347 g/mol. The molecule has 0 aromatic carbocycles. The summed E-state index contributed by atoms with van der Waals surface area (Å²) in [5.41, 5.74) is 0.811. The summed E-state index contributed by atoms with van der Waals surface area (Å²) in [6, 6.07) is 0. The van der Waals surface area contributed by atoms with Crippen LogP contribution in [0.5, 0.6) is 0 Å². The molecule has 1 aliphatic carbocycles. The maximum absolute atomic E-state index is 13.1. The molecule has 0 bridgehead atoms. The van der Waals surface area contributed by atoms with Gasteiger partial charge in [0.1, 0.15) is 0 Å². The predicted molar refractivity (Wildman–Crippen MR) is 87.8 cm³/mol. The van der Waals surface area contributed by atoms with Crippen molar-refractivity contribution >= 4 is 19.6 Å². The summed E-state index contributed by atoms with van der Waals surface area (Å²) in [6.45, 7) is 2.54. The molecule has 138 valence electrons. The fourth-order valence-electron chi connectivity index (χ4n) is 2.88. The molecule has 1 atom stereocenters. The van der Waals surface area contributed by atoms with Gasteiger partial charge in [0.25, 0.3) is 0 Å². The van der Waals surface area contributed by atoms with E-state index in [0.717, 1.165) is 0 Å². The summed E-state index contributed by atoms with van der Waals surface area (Å²) >= 11 is 0. The normalized spacial score (nSPS) is 33.4. The van der Waals surface area contributed by atoms with Crippen LogP contribution in [0, 0.1) is 0 Å². The van der Waals surface area contributed by atoms with Crippen molar-refractivity contribution in [2.24, 2.45) is 4.76 Å². The number of allylic oxidation sites excluding steroid dienone is 1. The van der Waals surface area contributed by atoms with E-state index in [2.05, 4.69) is 9.85 Å². The fourth-order valence-corrected chi connectivity index (χ4v) is 5.88. The first-order valence-electron chi connectivity index (χ1n) is 7.93. The first-order valence-corrected chi connectivity index (χ1v) is 10.5. The van der Waals surface area contributed by atoms with Crippen LogP contribution < -0.4 is 5.09 Å². The summed E-state index contributed by atoms with van der Waals surface area (Å²) in [6.07, 6.45) is -2.07. The molecule has 1 saturated carbocycles. The number of carbonyl (C=O) groups is 1. The van der Waals surface area contributed by atoms with E-state index in [1.807, 2.05) is 6.66 Å². The van der Waals surface area contributed by atoms with Crippen molar-refractivity contribution in [1.29, 1.82) is 0 Å². The Kier molecular flexibility index (Phi) is 6.15. The van der Waals surface area contributed by atoms with Gasteiger partial charge in [0.05, 0.1) is 0 Å². The Bertz CT molecular complexity index is 532. The number of ether oxygens (including phenoxy) is 1. The van der Waals surface area contributed by atoms with Crippen molar-refractivity contribution in [2.75, 3.05) is 19.8 Å². The predicted octanol–water partition coefficient (Wildman–Crippen LogP) is 3.22. The van der Waals surface area contributed by atoms with E-state index >= 15 is 0 Å². The van der Waals surface area contributed by atoms with Crippen LogP contribution in [0.3, 0.4) is 0 Å². The van der Waals surface area contributed by atoms with Crippen molar-refractivity contribution in [1.82, 2.24) is 5.09 Å². The van der Waals surface area contributed by atoms with Gasteiger partial charge >= 0.3 is 138 Å². The van der Waals surface area contributed by atoms with Crippen LogP contribution in [0.1, 0.15) is 26.2 Å². The van der Waals surface area contributed by atoms with Crippen molar-refractivity contribution in [3.05, 3.63) is 11.6 Å². The van der Waals surface area contributed by atoms with Crippen molar-refractivity contribution in [3.63, 3.8) is 0 Å². The standard InChI is InChI=1S/C15H23F4N2O2P/c1-10(23-9-15(17,18)19)3-11-4-13(22)8-21-24(2,20-7-11)14-5-12(16)6-14/h4,8,10,12,14,20,24H,3,5-7,9H2,1-2H3/b11-4-,21-8-. The molecule has 0 aromatic rings. The van der Waals surface area contributed by atoms with Crippen molar-refractivity contribution < 1.29 is 27.1 Å². The second-order valence-electron chi connectivity index (χ2n) is 6.67. The molecule has 2 aliphatic rings. The molecule has 1 heterocycles. The van der Waals surface area contributed by atoms with E-state index in [1.54, 1.807) is 6.92 Å². The zero-order chi connectivity index (χ0) is 18.0. The Morgan fingerprint density at radius 2 is 2.12 bits per heavy atom. The van der Waals surface area contributed by atoms with Gasteiger partial charge < -0.3 is 0 Å². The molecule has 0 spiro atoms. The summed E-state index contributed by atoms with van der Waals surface area (Å²) in [5.74, 6) is -0.288. The Morgan fingerprint density at radius 3 is 2.71 bits per heavy atom. The summed E-state index contributed by atoms with van der Waals surface area (Å²) in [4.78, 5) is 11.9. The monoisotopic (exact) mass is 370 g/mol. The molecule has 1 N–H and O–H groups in total. The minimum atomic E-state index is -4.37. The fraction of sp³-hybridized carbons (Fsp3) is 0.733. The van der Waals surface area contributed by atoms with Gasteiger partial charge in [-0.2, -0.15) is 0 Å². The van der Waals surface area contributed by atoms with E-state index in [0.29, 0.717) is 25.0 Å². The number of nitrogens with zero attached hydrogens (tertiary/aromatic N) is 1. The summed E-state index contributed by atoms with van der Waals surface area (Å²) in [5, 5.41) is 3.34. The molecule has 1 aliphatic heterocycles. The van der Waals surface area contributed by atoms with Crippen LogP contribution in [0.25, 0.3) is 0 Å².